The van der Waals surface area contributed by atoms with E-state index in [1.165, 1.54) is 7.11 Å². The molecule has 0 radical (unpaired) electrons. The van der Waals surface area contributed by atoms with Crippen molar-refractivity contribution >= 4 is 22.9 Å². The summed E-state index contributed by atoms with van der Waals surface area (Å²) in [5, 5.41) is 11.5. The van der Waals surface area contributed by atoms with Gasteiger partial charge < -0.3 is 15.2 Å². The molecule has 0 aliphatic rings. The number of amides is 1. The van der Waals surface area contributed by atoms with Gasteiger partial charge in [0.2, 0.25) is 6.33 Å². The summed E-state index contributed by atoms with van der Waals surface area (Å²) in [5.74, 6) is -1.05. The van der Waals surface area contributed by atoms with E-state index in [1.54, 1.807) is 10.9 Å². The number of nitrogens with zero attached hydrogens (tertiary/aromatic N) is 2. The third kappa shape index (κ3) is 3.19. The maximum atomic E-state index is 12.0. The first kappa shape index (κ1) is 15.0. The predicted molar refractivity (Wildman–Crippen MR) is 74.1 cm³/mol. The van der Waals surface area contributed by atoms with Crippen LogP contribution in [0.3, 0.4) is 0 Å². The van der Waals surface area contributed by atoms with Crippen LogP contribution in [0.4, 0.5) is 0 Å². The molecule has 0 fully saturated rings. The minimum absolute atomic E-state index is 0.0504. The van der Waals surface area contributed by atoms with E-state index in [0.29, 0.717) is 0 Å². The fourth-order valence-corrected chi connectivity index (χ4v) is 2.18. The van der Waals surface area contributed by atoms with Crippen molar-refractivity contribution in [3.05, 3.63) is 30.6 Å². The Balaban J connectivity index is 2.13. The quantitative estimate of drug-likeness (QED) is 0.553. The highest BCUT2D eigenvalue weighted by atomic mass is 16.5. The lowest BCUT2D eigenvalue weighted by Gasteiger charge is -2.12. The number of imidazole rings is 1. The van der Waals surface area contributed by atoms with Gasteiger partial charge in [0.1, 0.15) is 0 Å². The summed E-state index contributed by atoms with van der Waals surface area (Å²) in [6.45, 7) is -0.451. The number of fused-ring (bicyclic) bond motifs is 1. The summed E-state index contributed by atoms with van der Waals surface area (Å²) in [7, 11) is 3.10. The molecule has 0 saturated heterocycles. The van der Waals surface area contributed by atoms with Crippen LogP contribution in [0.2, 0.25) is 0 Å². The van der Waals surface area contributed by atoms with E-state index in [9.17, 15) is 9.59 Å². The van der Waals surface area contributed by atoms with Crippen LogP contribution in [0.5, 0.6) is 0 Å². The molecule has 0 aliphatic carbocycles. The second kappa shape index (κ2) is 6.36. The van der Waals surface area contributed by atoms with E-state index < -0.39 is 18.6 Å². The molecule has 0 unspecified atom stereocenters. The molecule has 7 nitrogen and oxygen atoms in total. The van der Waals surface area contributed by atoms with Gasteiger partial charge in [0.15, 0.2) is 23.6 Å². The van der Waals surface area contributed by atoms with Crippen LogP contribution in [0, 0.1) is 0 Å². The second-order valence-corrected chi connectivity index (χ2v) is 4.67. The number of hydrogen-bond donors (Lipinski definition) is 2. The zero-order chi connectivity index (χ0) is 15.4. The lowest BCUT2D eigenvalue weighted by atomic mass is 10.3. The minimum Gasteiger partial charge on any atom is -0.467 e. The number of hydrogen-bond acceptors (Lipinski definition) is 4. The minimum atomic E-state index is -1.04. The number of aromatic nitrogens is 2. The fraction of sp³-hybridized carbons (Fsp3) is 0.357. The van der Waals surface area contributed by atoms with Gasteiger partial charge in [0, 0.05) is 0 Å². The van der Waals surface area contributed by atoms with Crippen LogP contribution < -0.4 is 9.88 Å². The molecule has 1 aromatic heterocycles. The number of benzene rings is 1. The maximum absolute atomic E-state index is 12.0. The standard InChI is InChI=1S/C14H17N3O4/c1-16-9-17(12-6-4-3-5-11(12)16)7-13(19)15-10(8-18)14(20)21-2/h3-6,9-10,18H,7-8H2,1-2H3/p+1/t10-/m0/s1. The number of esters is 1. The van der Waals surface area contributed by atoms with Gasteiger partial charge in [-0.2, -0.15) is 0 Å². The highest BCUT2D eigenvalue weighted by Crippen LogP contribution is 2.09. The molecule has 0 spiro atoms. The van der Waals surface area contributed by atoms with Crippen molar-refractivity contribution in [3.8, 4) is 0 Å². The molecule has 1 amide bonds. The molecule has 2 N–H and O–H groups in total. The number of aryl methyl sites for hydroxylation is 1. The van der Waals surface area contributed by atoms with Gasteiger partial charge in [0.25, 0.3) is 5.91 Å². The first-order chi connectivity index (χ1) is 10.1. The molecule has 0 saturated carbocycles. The summed E-state index contributed by atoms with van der Waals surface area (Å²) in [6.07, 6.45) is 1.80. The van der Waals surface area contributed by atoms with Gasteiger partial charge in [0.05, 0.1) is 20.8 Å². The van der Waals surface area contributed by atoms with Crippen molar-refractivity contribution in [1.29, 1.82) is 0 Å². The van der Waals surface area contributed by atoms with Gasteiger partial charge in [-0.3, -0.25) is 4.79 Å². The molecular weight excluding hydrogens is 274 g/mol. The van der Waals surface area contributed by atoms with E-state index >= 15 is 0 Å². The lowest BCUT2D eigenvalue weighted by molar-refractivity contribution is -0.645. The SMILES string of the molecule is COC(=O)[C@H](CO)NC(=O)Cn1c[n+](C)c2ccccc21. The maximum Gasteiger partial charge on any atom is 0.330 e. The molecule has 21 heavy (non-hydrogen) atoms. The normalized spacial score (nSPS) is 12.1. The summed E-state index contributed by atoms with van der Waals surface area (Å²) in [4.78, 5) is 23.3. The first-order valence-corrected chi connectivity index (χ1v) is 6.48. The number of methoxy groups -OCH3 is 1. The molecule has 112 valence electrons. The number of para-hydroxylation sites is 2. The van der Waals surface area contributed by atoms with Crippen molar-refractivity contribution in [2.75, 3.05) is 13.7 Å². The average molecular weight is 292 g/mol. The summed E-state index contributed by atoms with van der Waals surface area (Å²) < 4.78 is 8.19. The molecule has 1 aromatic carbocycles. The fourth-order valence-electron chi connectivity index (χ4n) is 2.18. The zero-order valence-corrected chi connectivity index (χ0v) is 11.9. The number of aliphatic hydroxyl groups excluding tert-OH is 1. The summed E-state index contributed by atoms with van der Waals surface area (Å²) in [5.41, 5.74) is 1.91. The topological polar surface area (TPSA) is 84.4 Å². The Bertz CT molecular complexity index is 665. The van der Waals surface area contributed by atoms with Gasteiger partial charge in [-0.1, -0.05) is 12.1 Å². The van der Waals surface area contributed by atoms with Crippen LogP contribution in [0.25, 0.3) is 11.0 Å². The van der Waals surface area contributed by atoms with Gasteiger partial charge in [-0.05, 0) is 12.1 Å². The van der Waals surface area contributed by atoms with Crippen LogP contribution >= 0.6 is 0 Å². The lowest BCUT2D eigenvalue weighted by Crippen LogP contribution is -2.45. The Labute approximate surface area is 121 Å². The van der Waals surface area contributed by atoms with Crippen molar-refractivity contribution in [2.24, 2.45) is 7.05 Å². The molecule has 1 atom stereocenters. The van der Waals surface area contributed by atoms with Gasteiger partial charge >= 0.3 is 5.97 Å². The Kier molecular flexibility index (Phi) is 4.54. The van der Waals surface area contributed by atoms with Gasteiger partial charge in [-0.25, -0.2) is 13.9 Å². The highest BCUT2D eigenvalue weighted by molar-refractivity contribution is 5.85. The third-order valence-corrected chi connectivity index (χ3v) is 3.20. The molecule has 1 heterocycles. The van der Waals surface area contributed by atoms with Crippen molar-refractivity contribution in [2.45, 2.75) is 12.6 Å². The monoisotopic (exact) mass is 292 g/mol. The van der Waals surface area contributed by atoms with Crippen molar-refractivity contribution in [1.82, 2.24) is 9.88 Å². The van der Waals surface area contributed by atoms with Crippen LogP contribution in [-0.2, 0) is 27.9 Å². The second-order valence-electron chi connectivity index (χ2n) is 4.67. The van der Waals surface area contributed by atoms with Crippen molar-refractivity contribution in [3.63, 3.8) is 0 Å². The predicted octanol–water partition coefficient (Wildman–Crippen LogP) is -0.884. The van der Waals surface area contributed by atoms with Crippen molar-refractivity contribution < 1.29 is 24.0 Å². The third-order valence-electron chi connectivity index (χ3n) is 3.20. The molecule has 0 bridgehead atoms. The average Bonchev–Trinajstić information content (AvgIpc) is 2.81. The summed E-state index contributed by atoms with van der Waals surface area (Å²) >= 11 is 0. The summed E-state index contributed by atoms with van der Waals surface area (Å²) in [6, 6.07) is 6.63. The number of ether oxygens (including phenoxy) is 1. The first-order valence-electron chi connectivity index (χ1n) is 6.48. The van der Waals surface area contributed by atoms with E-state index in [1.807, 2.05) is 35.9 Å². The zero-order valence-electron chi connectivity index (χ0n) is 11.9. The number of carbonyl (C=O) groups excluding carboxylic acids is 2. The Hall–Kier alpha value is -2.41. The number of carbonyl (C=O) groups is 2. The Morgan fingerprint density at radius 2 is 2.14 bits per heavy atom. The Morgan fingerprint density at radius 1 is 1.43 bits per heavy atom. The highest BCUT2D eigenvalue weighted by Gasteiger charge is 2.22. The number of aliphatic hydroxyl groups is 1. The molecular formula is C14H18N3O4+. The van der Waals surface area contributed by atoms with Crippen LogP contribution in [0.1, 0.15) is 0 Å². The largest absolute Gasteiger partial charge is 0.467 e. The number of rotatable bonds is 5. The van der Waals surface area contributed by atoms with E-state index in [-0.39, 0.29) is 12.5 Å². The molecule has 0 aliphatic heterocycles. The van der Waals surface area contributed by atoms with Crippen LogP contribution in [0.15, 0.2) is 30.6 Å². The van der Waals surface area contributed by atoms with Crippen LogP contribution in [-0.4, -0.2) is 41.3 Å². The number of nitrogens with one attached hydrogen (secondary N) is 1. The van der Waals surface area contributed by atoms with E-state index in [4.69, 9.17) is 5.11 Å². The molecule has 2 rings (SSSR count). The van der Waals surface area contributed by atoms with Gasteiger partial charge in [-0.15, -0.1) is 0 Å². The van der Waals surface area contributed by atoms with E-state index in [2.05, 4.69) is 10.1 Å². The smallest absolute Gasteiger partial charge is 0.330 e. The Morgan fingerprint density at radius 3 is 2.81 bits per heavy atom. The molecule has 7 heteroatoms. The van der Waals surface area contributed by atoms with E-state index in [0.717, 1.165) is 11.0 Å². The molecule has 2 aromatic rings.